The lowest BCUT2D eigenvalue weighted by atomic mass is 10.0. The first kappa shape index (κ1) is 32.7. The topological polar surface area (TPSA) is 61.8 Å². The van der Waals surface area contributed by atoms with Gasteiger partial charge in [-0.25, -0.2) is 0 Å². The molecule has 0 aliphatic heterocycles. The smallest absolute Gasteiger partial charge is 0.306 e. The molecule has 0 amide bonds. The van der Waals surface area contributed by atoms with E-state index in [9.17, 15) is 9.59 Å². The van der Waals surface area contributed by atoms with Gasteiger partial charge >= 0.3 is 11.9 Å². The number of hydrogen-bond acceptors (Lipinski definition) is 5. The monoisotopic (exact) mass is 324 g/mol. The normalized spacial score (nSPS) is 11.3. The lowest BCUT2D eigenvalue weighted by Gasteiger charge is -2.13. The van der Waals surface area contributed by atoms with Gasteiger partial charge in [-0.2, -0.15) is 0 Å². The molecule has 0 radical (unpaired) electrons. The Hall–Kier alpha value is -1.10. The summed E-state index contributed by atoms with van der Waals surface area (Å²) in [5, 5.41) is 0. The van der Waals surface area contributed by atoms with E-state index in [1.165, 1.54) is 0 Å². The first-order valence-electron chi connectivity index (χ1n) is 6.29. The van der Waals surface area contributed by atoms with Crippen LogP contribution in [0.2, 0.25) is 0 Å². The van der Waals surface area contributed by atoms with Crippen LogP contribution in [0.5, 0.6) is 0 Å². The van der Waals surface area contributed by atoms with E-state index in [2.05, 4.69) is 0 Å². The Morgan fingerprint density at radius 3 is 1.68 bits per heavy atom. The van der Waals surface area contributed by atoms with Gasteiger partial charge in [-0.1, -0.05) is 43.6 Å². The number of hydrogen-bond donors (Lipinski definition) is 0. The van der Waals surface area contributed by atoms with Crippen LogP contribution in [0.3, 0.4) is 0 Å². The highest BCUT2D eigenvalue weighted by atomic mass is 16.5. The zero-order chi connectivity index (χ0) is 14.0. The second-order valence-corrected chi connectivity index (χ2v) is 4.56. The molecule has 0 spiro atoms. The van der Waals surface area contributed by atoms with Crippen LogP contribution in [-0.2, 0) is 23.8 Å². The highest BCUT2D eigenvalue weighted by molar-refractivity contribution is 5.73. The van der Waals surface area contributed by atoms with Crippen molar-refractivity contribution in [2.24, 2.45) is 11.8 Å². The van der Waals surface area contributed by atoms with Gasteiger partial charge in [0.25, 0.3) is 0 Å². The Balaban J connectivity index is -0.000000241. The zero-order valence-corrected chi connectivity index (χ0v) is 11.7. The number of methoxy groups -OCH3 is 1. The molecule has 0 rings (SSSR count). The van der Waals surface area contributed by atoms with Gasteiger partial charge < -0.3 is 14.2 Å². The van der Waals surface area contributed by atoms with Crippen molar-refractivity contribution in [2.75, 3.05) is 26.9 Å². The fraction of sp³-hybridized carbons (Fsp3) is 0.882. The van der Waals surface area contributed by atoms with Gasteiger partial charge in [-0.15, -0.1) is 0 Å². The molecular formula is C17H40O5. The first-order valence-corrected chi connectivity index (χ1v) is 6.29. The van der Waals surface area contributed by atoms with E-state index in [0.29, 0.717) is 19.8 Å². The molecule has 0 aromatic carbocycles. The molecule has 22 heavy (non-hydrogen) atoms. The van der Waals surface area contributed by atoms with E-state index < -0.39 is 0 Å². The van der Waals surface area contributed by atoms with Crippen LogP contribution in [-0.4, -0.2) is 38.9 Å². The minimum atomic E-state index is -0.283. The molecule has 0 saturated heterocycles. The highest BCUT2D eigenvalue weighted by Crippen LogP contribution is 2.10. The minimum Gasteiger partial charge on any atom is -0.466 e. The fourth-order valence-electron chi connectivity index (χ4n) is 1.49. The van der Waals surface area contributed by atoms with Crippen LogP contribution in [0.25, 0.3) is 0 Å². The number of carbonyl (C=O) groups is 2. The molecule has 2 atom stereocenters. The van der Waals surface area contributed by atoms with Gasteiger partial charge in [0.15, 0.2) is 0 Å². The summed E-state index contributed by atoms with van der Waals surface area (Å²) in [7, 11) is 1.61. The van der Waals surface area contributed by atoms with E-state index in [1.807, 2.05) is 13.8 Å². The van der Waals surface area contributed by atoms with Crippen molar-refractivity contribution in [3.63, 3.8) is 0 Å². The molecular weight excluding hydrogens is 284 g/mol. The van der Waals surface area contributed by atoms with Gasteiger partial charge in [0.05, 0.1) is 19.8 Å². The molecule has 0 aliphatic carbocycles. The second kappa shape index (κ2) is 19.9. The number of rotatable bonds is 9. The third-order valence-corrected chi connectivity index (χ3v) is 2.32. The van der Waals surface area contributed by atoms with Crippen molar-refractivity contribution < 1.29 is 23.8 Å². The zero-order valence-electron chi connectivity index (χ0n) is 11.7. The third kappa shape index (κ3) is 18.9. The van der Waals surface area contributed by atoms with E-state index in [1.54, 1.807) is 14.0 Å². The van der Waals surface area contributed by atoms with E-state index >= 15 is 0 Å². The van der Waals surface area contributed by atoms with Crippen molar-refractivity contribution in [3.8, 4) is 0 Å². The number of esters is 2. The molecule has 5 heteroatoms. The molecule has 0 N–H and O–H groups in total. The van der Waals surface area contributed by atoms with Crippen molar-refractivity contribution in [3.05, 3.63) is 0 Å². The van der Waals surface area contributed by atoms with Crippen molar-refractivity contribution >= 4 is 11.9 Å². The average Bonchev–Trinajstić information content (AvgIpc) is 2.26. The molecule has 0 aromatic rings. The molecule has 0 heterocycles. The van der Waals surface area contributed by atoms with Gasteiger partial charge in [0.1, 0.15) is 0 Å². The third-order valence-electron chi connectivity index (χ3n) is 2.32. The van der Waals surface area contributed by atoms with Crippen LogP contribution in [0, 0.1) is 11.8 Å². The maximum atomic E-state index is 11.5. The van der Waals surface area contributed by atoms with Gasteiger partial charge in [0.2, 0.25) is 0 Å². The van der Waals surface area contributed by atoms with E-state index in [4.69, 9.17) is 14.2 Å². The van der Waals surface area contributed by atoms with E-state index in [-0.39, 0.29) is 66.3 Å². The summed E-state index contributed by atoms with van der Waals surface area (Å²) < 4.78 is 14.9. The Morgan fingerprint density at radius 2 is 1.27 bits per heavy atom. The molecule has 5 nitrogen and oxygen atoms in total. The van der Waals surface area contributed by atoms with Crippen molar-refractivity contribution in [1.82, 2.24) is 0 Å². The summed E-state index contributed by atoms with van der Waals surface area (Å²) in [6.45, 7) is 6.80. The fourth-order valence-corrected chi connectivity index (χ4v) is 1.49. The van der Waals surface area contributed by atoms with Crippen LogP contribution in [0.1, 0.15) is 63.3 Å². The second-order valence-electron chi connectivity index (χ2n) is 4.56. The molecule has 138 valence electrons. The van der Waals surface area contributed by atoms with Crippen LogP contribution >= 0.6 is 0 Å². The van der Waals surface area contributed by atoms with Crippen LogP contribution in [0.4, 0.5) is 0 Å². The molecule has 0 bridgehead atoms. The van der Waals surface area contributed by atoms with E-state index in [0.717, 1.165) is 0 Å². The summed E-state index contributed by atoms with van der Waals surface area (Å²) >= 11 is 0. The summed E-state index contributed by atoms with van der Waals surface area (Å²) in [6.07, 6.45) is 0.481. The molecule has 0 aromatic heterocycles. The maximum Gasteiger partial charge on any atom is 0.306 e. The Bertz CT molecular complexity index is 253. The lowest BCUT2D eigenvalue weighted by molar-refractivity contribution is -0.148. The lowest BCUT2D eigenvalue weighted by Crippen LogP contribution is -2.18. The summed E-state index contributed by atoms with van der Waals surface area (Å²) in [5.74, 6) is -0.436. The standard InChI is InChI=1S/C13H24O5.4CH4/c1-5-17-12(14)6-10(2)7-13(15)18-9-11(3)8-16-4;;;;/h10-11H,5-9H2,1-4H3;4*1H4. The average molecular weight is 325 g/mol. The summed E-state index contributed by atoms with van der Waals surface area (Å²) in [6, 6.07) is 0. The molecule has 0 aliphatic rings. The summed E-state index contributed by atoms with van der Waals surface area (Å²) in [5.41, 5.74) is 0. The van der Waals surface area contributed by atoms with Crippen LogP contribution in [0.15, 0.2) is 0 Å². The number of carbonyl (C=O) groups excluding carboxylic acids is 2. The molecule has 0 saturated carbocycles. The SMILES string of the molecule is C.C.C.C.CCOC(=O)CC(C)CC(=O)OCC(C)COC. The largest absolute Gasteiger partial charge is 0.466 e. The predicted molar refractivity (Wildman–Crippen MR) is 94.0 cm³/mol. The van der Waals surface area contributed by atoms with Gasteiger partial charge in [-0.05, 0) is 12.8 Å². The maximum absolute atomic E-state index is 11.5. The summed E-state index contributed by atoms with van der Waals surface area (Å²) in [4.78, 5) is 22.7. The first-order chi connectivity index (χ1) is 8.49. The van der Waals surface area contributed by atoms with Crippen molar-refractivity contribution in [1.29, 1.82) is 0 Å². The number of ether oxygens (including phenoxy) is 3. The molecule has 2 unspecified atom stereocenters. The quantitative estimate of drug-likeness (QED) is 0.590. The highest BCUT2D eigenvalue weighted by Gasteiger charge is 2.15. The predicted octanol–water partition coefficient (Wildman–Crippen LogP) is 4.34. The Morgan fingerprint density at radius 1 is 0.818 bits per heavy atom. The Labute approximate surface area is 138 Å². The van der Waals surface area contributed by atoms with Gasteiger partial charge in [-0.3, -0.25) is 9.59 Å². The van der Waals surface area contributed by atoms with Gasteiger partial charge in [0, 0.05) is 25.9 Å². The Kier molecular flexibility index (Phi) is 29.6. The van der Waals surface area contributed by atoms with Crippen molar-refractivity contribution in [2.45, 2.75) is 63.3 Å². The molecule has 0 fully saturated rings. The minimum absolute atomic E-state index is 0. The van der Waals surface area contributed by atoms with Crippen LogP contribution < -0.4 is 0 Å².